The minimum Gasteiger partial charge on any atom is -0.294 e. The van der Waals surface area contributed by atoms with E-state index >= 15 is 0 Å². The highest BCUT2D eigenvalue weighted by atomic mass is 14.7. The maximum atomic E-state index is 4.35. The molecular weight excluding hydrogens is 146 g/mol. The molecule has 0 aliphatic heterocycles. The van der Waals surface area contributed by atoms with E-state index in [9.17, 15) is 0 Å². The Morgan fingerprint density at radius 1 is 1.25 bits per heavy atom. The van der Waals surface area contributed by atoms with Crippen LogP contribution in [0.5, 0.6) is 0 Å². The SMILES string of the molecule is C=CC(C=NC(C)C)CC(C)C. The third-order valence-electron chi connectivity index (χ3n) is 1.62. The first kappa shape index (κ1) is 11.4. The van der Waals surface area contributed by atoms with Crippen molar-refractivity contribution in [1.29, 1.82) is 0 Å². The molecule has 1 unspecified atom stereocenters. The first-order chi connectivity index (χ1) is 5.56. The van der Waals surface area contributed by atoms with E-state index in [2.05, 4.69) is 39.3 Å². The van der Waals surface area contributed by atoms with E-state index in [0.717, 1.165) is 6.42 Å². The Bertz CT molecular complexity index is 145. The molecule has 0 aliphatic rings. The van der Waals surface area contributed by atoms with Crippen molar-refractivity contribution in [3.8, 4) is 0 Å². The Kier molecular flexibility index (Phi) is 5.69. The number of aliphatic imine (C=N–C) groups is 1. The third kappa shape index (κ3) is 6.14. The maximum Gasteiger partial charge on any atom is 0.0439 e. The van der Waals surface area contributed by atoms with Gasteiger partial charge < -0.3 is 0 Å². The molecule has 0 aliphatic carbocycles. The van der Waals surface area contributed by atoms with E-state index in [-0.39, 0.29) is 0 Å². The molecule has 0 amide bonds. The lowest BCUT2D eigenvalue weighted by atomic mass is 9.98. The molecule has 0 heterocycles. The summed E-state index contributed by atoms with van der Waals surface area (Å²) in [5.41, 5.74) is 0. The van der Waals surface area contributed by atoms with E-state index in [0.29, 0.717) is 17.9 Å². The molecule has 1 heteroatoms. The van der Waals surface area contributed by atoms with Crippen molar-refractivity contribution >= 4 is 6.21 Å². The zero-order chi connectivity index (χ0) is 9.56. The molecule has 12 heavy (non-hydrogen) atoms. The average Bonchev–Trinajstić information content (AvgIpc) is 1.97. The molecule has 0 saturated carbocycles. The number of allylic oxidation sites excluding steroid dienone is 1. The van der Waals surface area contributed by atoms with Crippen LogP contribution in [-0.4, -0.2) is 12.3 Å². The number of nitrogens with zero attached hydrogens (tertiary/aromatic N) is 1. The van der Waals surface area contributed by atoms with Crippen LogP contribution < -0.4 is 0 Å². The Morgan fingerprint density at radius 2 is 1.83 bits per heavy atom. The largest absolute Gasteiger partial charge is 0.294 e. The van der Waals surface area contributed by atoms with Gasteiger partial charge in [-0.15, -0.1) is 6.58 Å². The average molecular weight is 167 g/mol. The van der Waals surface area contributed by atoms with Gasteiger partial charge in [-0.05, 0) is 26.2 Å². The maximum absolute atomic E-state index is 4.35. The summed E-state index contributed by atoms with van der Waals surface area (Å²) < 4.78 is 0. The van der Waals surface area contributed by atoms with Crippen LogP contribution in [-0.2, 0) is 0 Å². The Balaban J connectivity index is 3.90. The second-order valence-corrected chi connectivity index (χ2v) is 3.92. The first-order valence-corrected chi connectivity index (χ1v) is 4.72. The van der Waals surface area contributed by atoms with Gasteiger partial charge in [0.25, 0.3) is 0 Å². The third-order valence-corrected chi connectivity index (χ3v) is 1.62. The normalized spacial score (nSPS) is 14.5. The van der Waals surface area contributed by atoms with Crippen LogP contribution >= 0.6 is 0 Å². The summed E-state index contributed by atoms with van der Waals surface area (Å²) in [5.74, 6) is 1.17. The Hall–Kier alpha value is -0.590. The lowest BCUT2D eigenvalue weighted by molar-refractivity contribution is 0.552. The highest BCUT2D eigenvalue weighted by Crippen LogP contribution is 2.10. The Morgan fingerprint density at radius 3 is 2.17 bits per heavy atom. The molecule has 0 aromatic heterocycles. The molecule has 0 spiro atoms. The van der Waals surface area contributed by atoms with Crippen molar-refractivity contribution in [2.24, 2.45) is 16.8 Å². The molecule has 0 radical (unpaired) electrons. The van der Waals surface area contributed by atoms with E-state index in [1.165, 1.54) is 0 Å². The molecule has 0 fully saturated rings. The Labute approximate surface area is 76.6 Å². The quantitative estimate of drug-likeness (QED) is 0.440. The van der Waals surface area contributed by atoms with Crippen molar-refractivity contribution in [1.82, 2.24) is 0 Å². The van der Waals surface area contributed by atoms with E-state index in [4.69, 9.17) is 0 Å². The van der Waals surface area contributed by atoms with E-state index < -0.39 is 0 Å². The van der Waals surface area contributed by atoms with Gasteiger partial charge in [0.05, 0.1) is 0 Å². The fourth-order valence-corrected chi connectivity index (χ4v) is 1.04. The molecule has 1 nitrogen and oxygen atoms in total. The molecule has 0 rings (SSSR count). The van der Waals surface area contributed by atoms with Gasteiger partial charge in [-0.25, -0.2) is 0 Å². The van der Waals surface area contributed by atoms with Crippen molar-refractivity contribution in [3.05, 3.63) is 12.7 Å². The van der Waals surface area contributed by atoms with Gasteiger partial charge in [0.15, 0.2) is 0 Å². The summed E-state index contributed by atoms with van der Waals surface area (Å²) in [6.45, 7) is 12.4. The van der Waals surface area contributed by atoms with Gasteiger partial charge >= 0.3 is 0 Å². The zero-order valence-electron chi connectivity index (χ0n) is 8.75. The van der Waals surface area contributed by atoms with Gasteiger partial charge in [-0.2, -0.15) is 0 Å². The molecule has 0 N–H and O–H groups in total. The molecular formula is C11H21N. The van der Waals surface area contributed by atoms with Gasteiger partial charge in [0.1, 0.15) is 0 Å². The molecule has 1 atom stereocenters. The summed E-state index contributed by atoms with van der Waals surface area (Å²) in [4.78, 5) is 4.35. The number of hydrogen-bond acceptors (Lipinski definition) is 1. The highest BCUT2D eigenvalue weighted by molar-refractivity contribution is 5.63. The number of rotatable bonds is 5. The molecule has 70 valence electrons. The van der Waals surface area contributed by atoms with E-state index in [1.807, 2.05) is 12.3 Å². The van der Waals surface area contributed by atoms with Gasteiger partial charge in [0, 0.05) is 18.2 Å². The van der Waals surface area contributed by atoms with Crippen LogP contribution in [0.4, 0.5) is 0 Å². The lowest BCUT2D eigenvalue weighted by Crippen LogP contribution is -2.04. The molecule has 0 saturated heterocycles. The minimum atomic E-state index is 0.402. The van der Waals surface area contributed by atoms with Gasteiger partial charge in [0.2, 0.25) is 0 Å². The van der Waals surface area contributed by atoms with Crippen LogP contribution in [0.15, 0.2) is 17.6 Å². The van der Waals surface area contributed by atoms with Crippen LogP contribution in [0.25, 0.3) is 0 Å². The van der Waals surface area contributed by atoms with Crippen LogP contribution in [0, 0.1) is 11.8 Å². The summed E-state index contributed by atoms with van der Waals surface area (Å²) in [6.07, 6.45) is 5.16. The second-order valence-electron chi connectivity index (χ2n) is 3.92. The molecule has 0 aromatic rings. The summed E-state index contributed by atoms with van der Waals surface area (Å²) in [7, 11) is 0. The van der Waals surface area contributed by atoms with Gasteiger partial charge in [-0.1, -0.05) is 19.9 Å². The second kappa shape index (κ2) is 5.99. The predicted octanol–water partition coefficient (Wildman–Crippen LogP) is 3.31. The number of hydrogen-bond donors (Lipinski definition) is 0. The molecule has 0 aromatic carbocycles. The summed E-state index contributed by atoms with van der Waals surface area (Å²) in [6, 6.07) is 0.402. The summed E-state index contributed by atoms with van der Waals surface area (Å²) in [5, 5.41) is 0. The fourth-order valence-electron chi connectivity index (χ4n) is 1.04. The van der Waals surface area contributed by atoms with E-state index in [1.54, 1.807) is 0 Å². The van der Waals surface area contributed by atoms with Crippen molar-refractivity contribution < 1.29 is 0 Å². The van der Waals surface area contributed by atoms with Gasteiger partial charge in [-0.3, -0.25) is 4.99 Å². The lowest BCUT2D eigenvalue weighted by Gasteiger charge is -2.09. The standard InChI is InChI=1S/C11H21N/c1-6-11(7-9(2)3)8-12-10(4)5/h6,8-11H,1,7H2,2-5H3. The molecule has 0 bridgehead atoms. The highest BCUT2D eigenvalue weighted by Gasteiger charge is 2.03. The van der Waals surface area contributed by atoms with Crippen LogP contribution in [0.2, 0.25) is 0 Å². The fraction of sp³-hybridized carbons (Fsp3) is 0.727. The smallest absolute Gasteiger partial charge is 0.0439 e. The van der Waals surface area contributed by atoms with Crippen LogP contribution in [0.1, 0.15) is 34.1 Å². The van der Waals surface area contributed by atoms with Crippen LogP contribution in [0.3, 0.4) is 0 Å². The minimum absolute atomic E-state index is 0.402. The predicted molar refractivity (Wildman–Crippen MR) is 56.8 cm³/mol. The van der Waals surface area contributed by atoms with Crippen molar-refractivity contribution in [3.63, 3.8) is 0 Å². The summed E-state index contributed by atoms with van der Waals surface area (Å²) >= 11 is 0. The van der Waals surface area contributed by atoms with Crippen molar-refractivity contribution in [2.45, 2.75) is 40.2 Å². The monoisotopic (exact) mass is 167 g/mol. The topological polar surface area (TPSA) is 12.4 Å². The zero-order valence-corrected chi connectivity index (χ0v) is 8.75. The van der Waals surface area contributed by atoms with Crippen molar-refractivity contribution in [2.75, 3.05) is 0 Å². The first-order valence-electron chi connectivity index (χ1n) is 4.72.